The number of aromatic nitrogens is 1. The molecule has 0 spiro atoms. The molecule has 0 aliphatic carbocycles. The molecule has 1 N–H and O–H groups in total. The van der Waals surface area contributed by atoms with Gasteiger partial charge in [-0.25, -0.2) is 4.90 Å². The highest BCUT2D eigenvalue weighted by molar-refractivity contribution is 6.15. The Morgan fingerprint density at radius 1 is 1.13 bits per heavy atom. The summed E-state index contributed by atoms with van der Waals surface area (Å²) >= 11 is 0. The first-order chi connectivity index (χ1) is 7.18. The zero-order valence-corrected chi connectivity index (χ0v) is 8.03. The number of rotatable bonds is 1. The largest absolute Gasteiger partial charge is 0.347 e. The number of imide groups is 1. The van der Waals surface area contributed by atoms with Gasteiger partial charge in [0.05, 0.1) is 0 Å². The highest BCUT2D eigenvalue weighted by Crippen LogP contribution is 2.17. The van der Waals surface area contributed by atoms with E-state index in [9.17, 15) is 14.4 Å². The van der Waals surface area contributed by atoms with Crippen molar-refractivity contribution in [3.05, 3.63) is 28.6 Å². The lowest BCUT2D eigenvalue weighted by Crippen LogP contribution is -2.41. The van der Waals surface area contributed by atoms with Gasteiger partial charge >= 0.3 is 0 Å². The predicted molar refractivity (Wildman–Crippen MR) is 53.4 cm³/mol. The van der Waals surface area contributed by atoms with Crippen molar-refractivity contribution < 1.29 is 9.59 Å². The average molecular weight is 206 g/mol. The third-order valence-corrected chi connectivity index (χ3v) is 2.28. The Morgan fingerprint density at radius 3 is 2.40 bits per heavy atom. The Labute approximate surface area is 85.7 Å². The highest BCUT2D eigenvalue weighted by atomic mass is 16.2. The minimum absolute atomic E-state index is 0.227. The van der Waals surface area contributed by atoms with E-state index >= 15 is 0 Å². The van der Waals surface area contributed by atoms with E-state index in [0.29, 0.717) is 19.3 Å². The van der Waals surface area contributed by atoms with Crippen LogP contribution in [-0.2, 0) is 9.59 Å². The molecule has 0 saturated carbocycles. The second-order valence-electron chi connectivity index (χ2n) is 3.39. The van der Waals surface area contributed by atoms with E-state index in [4.69, 9.17) is 0 Å². The molecular formula is C10H10N2O3. The molecule has 1 saturated heterocycles. The summed E-state index contributed by atoms with van der Waals surface area (Å²) < 4.78 is 0. The van der Waals surface area contributed by atoms with Crippen molar-refractivity contribution >= 4 is 17.6 Å². The second-order valence-corrected chi connectivity index (χ2v) is 3.39. The summed E-state index contributed by atoms with van der Waals surface area (Å²) in [7, 11) is 0. The van der Waals surface area contributed by atoms with Gasteiger partial charge in [-0.3, -0.25) is 14.4 Å². The standard InChI is InChI=1S/C10H10N2O3/c13-7-4-5-11-8(6-7)12-9(14)2-1-3-10(12)15/h4-6H,1-3H2,(H,11,13). The number of carbonyl (C=O) groups excluding carboxylic acids is 2. The van der Waals surface area contributed by atoms with E-state index in [0.717, 1.165) is 4.90 Å². The molecule has 5 nitrogen and oxygen atoms in total. The van der Waals surface area contributed by atoms with E-state index < -0.39 is 0 Å². The van der Waals surface area contributed by atoms with Crippen LogP contribution < -0.4 is 10.3 Å². The molecule has 1 aromatic rings. The molecule has 0 radical (unpaired) electrons. The van der Waals surface area contributed by atoms with Crippen LogP contribution in [-0.4, -0.2) is 16.8 Å². The number of carbonyl (C=O) groups is 2. The summed E-state index contributed by atoms with van der Waals surface area (Å²) in [5, 5.41) is 0. The Hall–Kier alpha value is -1.91. The number of nitrogens with one attached hydrogen (secondary N) is 1. The summed E-state index contributed by atoms with van der Waals surface area (Å²) in [6.45, 7) is 0. The summed E-state index contributed by atoms with van der Waals surface area (Å²) in [6, 6.07) is 2.59. The van der Waals surface area contributed by atoms with Gasteiger partial charge in [-0.1, -0.05) is 0 Å². The molecule has 2 amide bonds. The van der Waals surface area contributed by atoms with Crippen molar-refractivity contribution in [3.63, 3.8) is 0 Å². The average Bonchev–Trinajstić information content (AvgIpc) is 2.17. The number of hydrogen-bond donors (Lipinski definition) is 1. The summed E-state index contributed by atoms with van der Waals surface area (Å²) in [4.78, 5) is 37.8. The van der Waals surface area contributed by atoms with Gasteiger partial charge in [0.2, 0.25) is 11.8 Å². The van der Waals surface area contributed by atoms with Crippen LogP contribution in [0.15, 0.2) is 23.1 Å². The predicted octanol–water partition coefficient (Wildman–Crippen LogP) is 0.418. The molecule has 0 aromatic carbocycles. The van der Waals surface area contributed by atoms with E-state index in [2.05, 4.69) is 4.98 Å². The number of aromatic amines is 1. The number of nitrogens with zero attached hydrogens (tertiary/aromatic N) is 1. The normalized spacial score (nSPS) is 16.9. The van der Waals surface area contributed by atoms with Crippen LogP contribution in [0.2, 0.25) is 0 Å². The molecule has 1 fully saturated rings. The maximum atomic E-state index is 11.5. The van der Waals surface area contributed by atoms with Crippen molar-refractivity contribution in [3.8, 4) is 0 Å². The maximum Gasteiger partial charge on any atom is 0.234 e. The van der Waals surface area contributed by atoms with Gasteiger partial charge < -0.3 is 4.98 Å². The number of pyridine rings is 1. The fourth-order valence-electron chi connectivity index (χ4n) is 1.59. The molecule has 0 unspecified atom stereocenters. The minimum atomic E-state index is -0.256. The summed E-state index contributed by atoms with van der Waals surface area (Å²) in [6.07, 6.45) is 2.71. The van der Waals surface area contributed by atoms with Gasteiger partial charge in [0.1, 0.15) is 5.82 Å². The highest BCUT2D eigenvalue weighted by Gasteiger charge is 2.27. The Kier molecular flexibility index (Phi) is 2.37. The van der Waals surface area contributed by atoms with Crippen LogP contribution in [0.25, 0.3) is 0 Å². The van der Waals surface area contributed by atoms with Crippen molar-refractivity contribution in [2.45, 2.75) is 19.3 Å². The van der Waals surface area contributed by atoms with Gasteiger partial charge in [-0.2, -0.15) is 0 Å². The molecule has 0 atom stereocenters. The SMILES string of the molecule is O=C1CCCC(=O)N1c1cc(=O)cc[nH]1. The first kappa shape index (κ1) is 9.64. The van der Waals surface area contributed by atoms with Crippen molar-refractivity contribution in [2.75, 3.05) is 4.90 Å². The van der Waals surface area contributed by atoms with Crippen LogP contribution in [0.4, 0.5) is 5.82 Å². The van der Waals surface area contributed by atoms with E-state index in [1.54, 1.807) is 0 Å². The molecule has 2 heterocycles. The Balaban J connectivity index is 2.40. The zero-order chi connectivity index (χ0) is 10.8. The van der Waals surface area contributed by atoms with Crippen molar-refractivity contribution in [1.29, 1.82) is 0 Å². The Bertz CT molecular complexity index is 448. The lowest BCUT2D eigenvalue weighted by molar-refractivity contribution is -0.129. The molecule has 15 heavy (non-hydrogen) atoms. The molecule has 1 aromatic heterocycles. The van der Waals surface area contributed by atoms with Crippen LogP contribution >= 0.6 is 0 Å². The maximum absolute atomic E-state index is 11.5. The summed E-state index contributed by atoms with van der Waals surface area (Å²) in [5.41, 5.74) is -0.227. The van der Waals surface area contributed by atoms with Gasteiger partial charge in [-0.15, -0.1) is 0 Å². The third kappa shape index (κ3) is 1.81. The fraction of sp³-hybridized carbons (Fsp3) is 0.300. The van der Waals surface area contributed by atoms with Crippen molar-refractivity contribution in [2.24, 2.45) is 0 Å². The topological polar surface area (TPSA) is 70.2 Å². The first-order valence-electron chi connectivity index (χ1n) is 4.73. The minimum Gasteiger partial charge on any atom is -0.347 e. The van der Waals surface area contributed by atoms with E-state index in [1.807, 2.05) is 0 Å². The number of H-pyrrole nitrogens is 1. The number of amides is 2. The van der Waals surface area contributed by atoms with E-state index in [1.165, 1.54) is 18.3 Å². The lowest BCUT2D eigenvalue weighted by atomic mass is 10.1. The smallest absolute Gasteiger partial charge is 0.234 e. The Morgan fingerprint density at radius 2 is 1.80 bits per heavy atom. The molecule has 0 bridgehead atoms. The van der Waals surface area contributed by atoms with Gasteiger partial charge in [0.15, 0.2) is 5.43 Å². The van der Waals surface area contributed by atoms with Crippen LogP contribution in [0.5, 0.6) is 0 Å². The number of hydrogen-bond acceptors (Lipinski definition) is 3. The zero-order valence-electron chi connectivity index (χ0n) is 8.03. The number of anilines is 1. The van der Waals surface area contributed by atoms with Gasteiger partial charge in [0, 0.05) is 31.2 Å². The van der Waals surface area contributed by atoms with Crippen LogP contribution in [0, 0.1) is 0 Å². The van der Waals surface area contributed by atoms with Crippen LogP contribution in [0.1, 0.15) is 19.3 Å². The van der Waals surface area contributed by atoms with E-state index in [-0.39, 0.29) is 23.1 Å². The van der Waals surface area contributed by atoms with Crippen molar-refractivity contribution in [1.82, 2.24) is 4.98 Å². The fourth-order valence-corrected chi connectivity index (χ4v) is 1.59. The molecule has 78 valence electrons. The molecule has 5 heteroatoms. The first-order valence-corrected chi connectivity index (χ1v) is 4.73. The van der Waals surface area contributed by atoms with Gasteiger partial charge in [-0.05, 0) is 6.42 Å². The van der Waals surface area contributed by atoms with Gasteiger partial charge in [0.25, 0.3) is 0 Å². The van der Waals surface area contributed by atoms with Crippen LogP contribution in [0.3, 0.4) is 0 Å². The molecular weight excluding hydrogens is 196 g/mol. The molecule has 2 rings (SSSR count). The number of piperidine rings is 1. The quantitative estimate of drug-likeness (QED) is 0.677. The monoisotopic (exact) mass is 206 g/mol. The molecule has 1 aliphatic heterocycles. The summed E-state index contributed by atoms with van der Waals surface area (Å²) in [5.74, 6) is -0.251. The molecule has 1 aliphatic rings. The third-order valence-electron chi connectivity index (χ3n) is 2.28. The lowest BCUT2D eigenvalue weighted by Gasteiger charge is -2.23. The second kappa shape index (κ2) is 3.68.